The topological polar surface area (TPSA) is 70.2 Å². The molecule has 0 saturated carbocycles. The van der Waals surface area contributed by atoms with Crippen LogP contribution in [0.15, 0.2) is 24.4 Å². The highest BCUT2D eigenvalue weighted by Crippen LogP contribution is 2.42. The van der Waals surface area contributed by atoms with Gasteiger partial charge in [0.15, 0.2) is 5.11 Å². The number of pyridine rings is 1. The van der Waals surface area contributed by atoms with E-state index < -0.39 is 0 Å². The maximum Gasteiger partial charge on any atom is 0.307 e. The monoisotopic (exact) mass is 484 g/mol. The number of esters is 1. The zero-order chi connectivity index (χ0) is 18.8. The number of rotatable bonds is 5. The Balaban J connectivity index is 2.03. The van der Waals surface area contributed by atoms with Gasteiger partial charge in [-0.2, -0.15) is 0 Å². The number of halogens is 1. The van der Waals surface area contributed by atoms with Crippen molar-refractivity contribution >= 4 is 45.9 Å². The lowest BCUT2D eigenvalue weighted by Gasteiger charge is -2.28. The number of hydrogen-bond donors (Lipinski definition) is 2. The molecule has 2 atom stereocenters. The number of hydrogen-bond acceptors (Lipinski definition) is 4. The van der Waals surface area contributed by atoms with Crippen LogP contribution in [-0.2, 0) is 9.53 Å². The lowest BCUT2D eigenvalue weighted by molar-refractivity contribution is -0.140. The van der Waals surface area contributed by atoms with Gasteiger partial charge >= 0.3 is 5.97 Å². The van der Waals surface area contributed by atoms with Crippen molar-refractivity contribution in [2.75, 3.05) is 13.7 Å². The smallest absolute Gasteiger partial charge is 0.307 e. The molecule has 2 aromatic rings. The Morgan fingerprint density at radius 1 is 1.38 bits per heavy atom. The molecule has 3 heterocycles. The Bertz CT molecular complexity index is 824. The minimum Gasteiger partial charge on any atom is -0.469 e. The first-order valence-electron chi connectivity index (χ1n) is 8.33. The third-order valence-corrected chi connectivity index (χ3v) is 6.37. The van der Waals surface area contributed by atoms with E-state index in [1.165, 1.54) is 16.2 Å². The summed E-state index contributed by atoms with van der Waals surface area (Å²) in [6.45, 7) is 4.62. The van der Waals surface area contributed by atoms with Crippen molar-refractivity contribution in [3.05, 3.63) is 50.6 Å². The molecule has 1 aliphatic heterocycles. The van der Waals surface area contributed by atoms with Gasteiger partial charge < -0.3 is 19.9 Å². The molecule has 3 rings (SSSR count). The van der Waals surface area contributed by atoms with Crippen molar-refractivity contribution in [3.8, 4) is 0 Å². The molecule has 2 N–H and O–H groups in total. The molecule has 2 aromatic heterocycles. The highest BCUT2D eigenvalue weighted by atomic mass is 127. The van der Waals surface area contributed by atoms with E-state index in [2.05, 4.69) is 56.6 Å². The SMILES string of the molecule is COC(=O)CCN1C(=S)N[C@@H](c2ccccn2)[C@@H]1c1c(C)[nH]c(C)c1I. The average molecular weight is 484 g/mol. The largest absolute Gasteiger partial charge is 0.469 e. The molecule has 1 saturated heterocycles. The van der Waals surface area contributed by atoms with Crippen LogP contribution in [0.25, 0.3) is 0 Å². The number of aromatic nitrogens is 2. The van der Waals surface area contributed by atoms with Gasteiger partial charge in [0.05, 0.1) is 31.3 Å². The van der Waals surface area contributed by atoms with Crippen LogP contribution in [0.5, 0.6) is 0 Å². The molecule has 6 nitrogen and oxygen atoms in total. The number of nitrogens with one attached hydrogen (secondary N) is 2. The number of aryl methyl sites for hydroxylation is 2. The van der Waals surface area contributed by atoms with Crippen LogP contribution in [0.2, 0.25) is 0 Å². The van der Waals surface area contributed by atoms with Crippen LogP contribution < -0.4 is 5.32 Å². The Hall–Kier alpha value is -1.68. The van der Waals surface area contributed by atoms with Gasteiger partial charge in [-0.05, 0) is 60.8 Å². The molecule has 8 heteroatoms. The first kappa shape index (κ1) is 19.1. The van der Waals surface area contributed by atoms with Gasteiger partial charge in [0.1, 0.15) is 0 Å². The summed E-state index contributed by atoms with van der Waals surface area (Å²) < 4.78 is 5.98. The molecule has 0 aliphatic carbocycles. The molecule has 26 heavy (non-hydrogen) atoms. The molecule has 0 bridgehead atoms. The Morgan fingerprint density at radius 3 is 2.73 bits per heavy atom. The van der Waals surface area contributed by atoms with Crippen molar-refractivity contribution < 1.29 is 9.53 Å². The van der Waals surface area contributed by atoms with Crippen LogP contribution in [0, 0.1) is 17.4 Å². The highest BCUT2D eigenvalue weighted by molar-refractivity contribution is 14.1. The van der Waals surface area contributed by atoms with Gasteiger partial charge in [0, 0.05) is 33.3 Å². The number of nitrogens with zero attached hydrogens (tertiary/aromatic N) is 2. The van der Waals surface area contributed by atoms with Gasteiger partial charge in [-0.15, -0.1) is 0 Å². The molecule has 0 aromatic carbocycles. The van der Waals surface area contributed by atoms with Crippen LogP contribution in [-0.4, -0.2) is 39.6 Å². The van der Waals surface area contributed by atoms with Crippen LogP contribution in [0.4, 0.5) is 0 Å². The third kappa shape index (κ3) is 3.57. The van der Waals surface area contributed by atoms with Crippen molar-refractivity contribution in [1.82, 2.24) is 20.2 Å². The fraction of sp³-hybridized carbons (Fsp3) is 0.389. The Labute approximate surface area is 171 Å². The molecule has 1 fully saturated rings. The van der Waals surface area contributed by atoms with E-state index in [0.717, 1.165) is 17.1 Å². The first-order chi connectivity index (χ1) is 12.4. The zero-order valence-corrected chi connectivity index (χ0v) is 17.8. The van der Waals surface area contributed by atoms with Crippen molar-refractivity contribution in [2.45, 2.75) is 32.4 Å². The Morgan fingerprint density at radius 2 is 2.15 bits per heavy atom. The summed E-state index contributed by atoms with van der Waals surface area (Å²) in [7, 11) is 1.40. The molecule has 0 radical (unpaired) electrons. The summed E-state index contributed by atoms with van der Waals surface area (Å²) in [4.78, 5) is 21.7. The number of carbonyl (C=O) groups is 1. The van der Waals surface area contributed by atoms with Crippen LogP contribution in [0.1, 0.15) is 41.1 Å². The molecule has 0 unspecified atom stereocenters. The number of thiocarbonyl (C=S) groups is 1. The highest BCUT2D eigenvalue weighted by Gasteiger charge is 2.42. The summed E-state index contributed by atoms with van der Waals surface area (Å²) >= 11 is 7.97. The number of carbonyl (C=O) groups excluding carboxylic acids is 1. The van der Waals surface area contributed by atoms with Crippen molar-refractivity contribution in [3.63, 3.8) is 0 Å². The molecular weight excluding hydrogens is 463 g/mol. The predicted octanol–water partition coefficient (Wildman–Crippen LogP) is 3.17. The number of aromatic amines is 1. The summed E-state index contributed by atoms with van der Waals surface area (Å²) in [6, 6.07) is 5.75. The fourth-order valence-corrected chi connectivity index (χ4v) is 4.59. The lowest BCUT2D eigenvalue weighted by Crippen LogP contribution is -2.32. The second-order valence-electron chi connectivity index (χ2n) is 6.25. The van der Waals surface area contributed by atoms with E-state index in [9.17, 15) is 4.79 Å². The van der Waals surface area contributed by atoms with E-state index in [4.69, 9.17) is 17.0 Å². The van der Waals surface area contributed by atoms with E-state index in [1.54, 1.807) is 6.20 Å². The molecule has 138 valence electrons. The molecule has 0 spiro atoms. The number of H-pyrrole nitrogens is 1. The van der Waals surface area contributed by atoms with Crippen molar-refractivity contribution in [2.24, 2.45) is 0 Å². The second kappa shape index (κ2) is 7.91. The third-order valence-electron chi connectivity index (χ3n) is 4.62. The van der Waals surface area contributed by atoms with Gasteiger partial charge in [0.25, 0.3) is 0 Å². The minimum absolute atomic E-state index is 0.0427. The van der Waals surface area contributed by atoms with Gasteiger partial charge in [-0.3, -0.25) is 9.78 Å². The normalized spacial score (nSPS) is 19.5. The summed E-state index contributed by atoms with van der Waals surface area (Å²) in [5.41, 5.74) is 4.35. The lowest BCUT2D eigenvalue weighted by atomic mass is 9.96. The fourth-order valence-electron chi connectivity index (χ4n) is 3.40. The van der Waals surface area contributed by atoms with Gasteiger partial charge in [-0.25, -0.2) is 0 Å². The standard InChI is InChI=1S/C18H21IN4O2S/c1-10-14(15(19)11(2)21-10)17-16(12-6-4-5-8-20-12)22-18(26)23(17)9-7-13(24)25-3/h4-6,8,16-17,21H,7,9H2,1-3H3,(H,22,26)/t16-,17-/m0/s1. The van der Waals surface area contributed by atoms with E-state index in [0.29, 0.717) is 11.7 Å². The van der Waals surface area contributed by atoms with Gasteiger partial charge in [-0.1, -0.05) is 6.07 Å². The zero-order valence-electron chi connectivity index (χ0n) is 14.9. The van der Waals surface area contributed by atoms with E-state index in [1.807, 2.05) is 18.2 Å². The van der Waals surface area contributed by atoms with Crippen molar-refractivity contribution in [1.29, 1.82) is 0 Å². The second-order valence-corrected chi connectivity index (χ2v) is 7.71. The quantitative estimate of drug-likeness (QED) is 0.386. The first-order valence-corrected chi connectivity index (χ1v) is 9.82. The average Bonchev–Trinajstić information content (AvgIpc) is 3.09. The molecular formula is C18H21IN4O2S. The number of ether oxygens (including phenoxy) is 1. The number of methoxy groups -OCH3 is 1. The molecule has 0 amide bonds. The van der Waals surface area contributed by atoms with Crippen LogP contribution >= 0.6 is 34.8 Å². The maximum atomic E-state index is 11.7. The summed E-state index contributed by atoms with van der Waals surface area (Å²) in [5.74, 6) is -0.246. The van der Waals surface area contributed by atoms with E-state index >= 15 is 0 Å². The molecule has 1 aliphatic rings. The maximum absolute atomic E-state index is 11.7. The van der Waals surface area contributed by atoms with Crippen LogP contribution in [0.3, 0.4) is 0 Å². The van der Waals surface area contributed by atoms with Gasteiger partial charge in [0.2, 0.25) is 0 Å². The Kier molecular flexibility index (Phi) is 5.81. The predicted molar refractivity (Wildman–Crippen MR) is 112 cm³/mol. The summed E-state index contributed by atoms with van der Waals surface area (Å²) in [6.07, 6.45) is 2.07. The summed E-state index contributed by atoms with van der Waals surface area (Å²) in [5, 5.41) is 4.03. The van der Waals surface area contributed by atoms with E-state index in [-0.39, 0.29) is 24.5 Å². The minimum atomic E-state index is -0.246.